The fourth-order valence-electron chi connectivity index (χ4n) is 2.50. The molecule has 0 unspecified atom stereocenters. The van der Waals surface area contributed by atoms with E-state index in [0.29, 0.717) is 5.15 Å². The second-order valence-corrected chi connectivity index (χ2v) is 4.95. The van der Waals surface area contributed by atoms with E-state index < -0.39 is 0 Å². The van der Waals surface area contributed by atoms with Crippen LogP contribution in [0.4, 0.5) is 0 Å². The zero-order valence-electron chi connectivity index (χ0n) is 10.7. The van der Waals surface area contributed by atoms with Crippen LogP contribution in [0.1, 0.15) is 0 Å². The largest absolute Gasteiger partial charge is 0.497 e. The molecule has 0 saturated carbocycles. The first-order valence-corrected chi connectivity index (χ1v) is 6.60. The summed E-state index contributed by atoms with van der Waals surface area (Å²) in [5, 5.41) is 3.26. The summed E-state index contributed by atoms with van der Waals surface area (Å²) in [6.45, 7) is 0. The number of pyridine rings is 1. The molecule has 2 heterocycles. The molecule has 20 heavy (non-hydrogen) atoms. The normalized spacial score (nSPS) is 11.5. The van der Waals surface area contributed by atoms with Crippen molar-refractivity contribution in [2.24, 2.45) is 0 Å². The van der Waals surface area contributed by atoms with Gasteiger partial charge in [-0.2, -0.15) is 0 Å². The molecule has 3 nitrogen and oxygen atoms in total. The summed E-state index contributed by atoms with van der Waals surface area (Å²) in [5.74, 6) is 0.770. The molecule has 0 N–H and O–H groups in total. The molecule has 0 bridgehead atoms. The van der Waals surface area contributed by atoms with Gasteiger partial charge in [0.05, 0.1) is 12.5 Å². The zero-order valence-corrected chi connectivity index (χ0v) is 11.4. The number of ether oxygens (including phenoxy) is 1. The lowest BCUT2D eigenvalue weighted by Crippen LogP contribution is -1.83. The van der Waals surface area contributed by atoms with E-state index in [1.54, 1.807) is 7.11 Å². The topological polar surface area (TPSA) is 35.3 Å². The number of hydrogen-bond donors (Lipinski definition) is 0. The van der Waals surface area contributed by atoms with Crippen LogP contribution in [0.2, 0.25) is 5.15 Å². The minimum atomic E-state index is 0.485. The second-order valence-electron chi connectivity index (χ2n) is 4.59. The SMILES string of the molecule is COc1ccc2oc3c4ccccc4c(Cl)nc3c2c1. The molecule has 4 heteroatoms. The van der Waals surface area contributed by atoms with Crippen LogP contribution in [0.5, 0.6) is 5.75 Å². The molecule has 0 saturated heterocycles. The quantitative estimate of drug-likeness (QED) is 0.471. The van der Waals surface area contributed by atoms with E-state index in [1.807, 2.05) is 42.5 Å². The highest BCUT2D eigenvalue weighted by Crippen LogP contribution is 2.36. The molecule has 2 aromatic heterocycles. The van der Waals surface area contributed by atoms with Gasteiger partial charge in [-0.15, -0.1) is 0 Å². The molecule has 2 aromatic carbocycles. The average Bonchev–Trinajstić information content (AvgIpc) is 2.85. The molecule has 0 fully saturated rings. The van der Waals surface area contributed by atoms with Gasteiger partial charge in [-0.05, 0) is 18.2 Å². The van der Waals surface area contributed by atoms with Gasteiger partial charge in [-0.25, -0.2) is 4.98 Å². The average molecular weight is 284 g/mol. The number of methoxy groups -OCH3 is 1. The van der Waals surface area contributed by atoms with Crippen molar-refractivity contribution in [1.82, 2.24) is 4.98 Å². The van der Waals surface area contributed by atoms with Crippen molar-refractivity contribution in [2.75, 3.05) is 7.11 Å². The van der Waals surface area contributed by atoms with Gasteiger partial charge in [0.1, 0.15) is 22.0 Å². The van der Waals surface area contributed by atoms with E-state index in [1.165, 1.54) is 0 Å². The molecular formula is C16H10ClNO2. The predicted octanol–water partition coefficient (Wildman–Crippen LogP) is 4.80. The van der Waals surface area contributed by atoms with Crippen molar-refractivity contribution in [3.05, 3.63) is 47.6 Å². The molecule has 0 aliphatic carbocycles. The lowest BCUT2D eigenvalue weighted by molar-refractivity contribution is 0.415. The molecule has 0 spiro atoms. The van der Waals surface area contributed by atoms with Crippen LogP contribution in [0, 0.1) is 0 Å². The Morgan fingerprint density at radius 1 is 1.05 bits per heavy atom. The van der Waals surface area contributed by atoms with Crippen molar-refractivity contribution in [3.8, 4) is 5.75 Å². The number of aromatic nitrogens is 1. The van der Waals surface area contributed by atoms with Crippen LogP contribution in [0.3, 0.4) is 0 Å². The Hall–Kier alpha value is -2.26. The predicted molar refractivity (Wildman–Crippen MR) is 80.6 cm³/mol. The van der Waals surface area contributed by atoms with E-state index in [2.05, 4.69) is 4.98 Å². The fraction of sp³-hybridized carbons (Fsp3) is 0.0625. The van der Waals surface area contributed by atoms with Crippen molar-refractivity contribution in [2.45, 2.75) is 0 Å². The fourth-order valence-corrected chi connectivity index (χ4v) is 2.75. The first-order chi connectivity index (χ1) is 9.78. The third-order valence-corrected chi connectivity index (χ3v) is 3.76. The number of nitrogens with zero attached hydrogens (tertiary/aromatic N) is 1. The number of halogens is 1. The number of hydrogen-bond acceptors (Lipinski definition) is 3. The molecule has 0 aliphatic rings. The number of fused-ring (bicyclic) bond motifs is 5. The Kier molecular flexibility index (Phi) is 2.38. The highest BCUT2D eigenvalue weighted by molar-refractivity contribution is 6.36. The van der Waals surface area contributed by atoms with Crippen molar-refractivity contribution in [1.29, 1.82) is 0 Å². The van der Waals surface area contributed by atoms with Crippen LogP contribution >= 0.6 is 11.6 Å². The molecule has 4 aromatic rings. The summed E-state index contributed by atoms with van der Waals surface area (Å²) in [6, 6.07) is 13.5. The summed E-state index contributed by atoms with van der Waals surface area (Å²) in [6.07, 6.45) is 0. The van der Waals surface area contributed by atoms with E-state index in [0.717, 1.165) is 38.6 Å². The molecule has 4 rings (SSSR count). The Morgan fingerprint density at radius 2 is 1.85 bits per heavy atom. The molecule has 98 valence electrons. The van der Waals surface area contributed by atoms with Gasteiger partial charge in [-0.3, -0.25) is 0 Å². The summed E-state index contributed by atoms with van der Waals surface area (Å²) in [5.41, 5.74) is 2.30. The third kappa shape index (κ3) is 1.50. The van der Waals surface area contributed by atoms with Crippen LogP contribution in [0.15, 0.2) is 46.9 Å². The minimum absolute atomic E-state index is 0.485. The van der Waals surface area contributed by atoms with Gasteiger partial charge in [0, 0.05) is 10.8 Å². The number of furan rings is 1. The van der Waals surface area contributed by atoms with E-state index in [9.17, 15) is 0 Å². The molecule has 0 radical (unpaired) electrons. The van der Waals surface area contributed by atoms with Crippen LogP contribution in [0.25, 0.3) is 32.8 Å². The van der Waals surface area contributed by atoms with Crippen molar-refractivity contribution < 1.29 is 9.15 Å². The van der Waals surface area contributed by atoms with Gasteiger partial charge < -0.3 is 9.15 Å². The number of benzene rings is 2. The summed E-state index contributed by atoms with van der Waals surface area (Å²) < 4.78 is 11.2. The van der Waals surface area contributed by atoms with E-state index in [4.69, 9.17) is 20.8 Å². The van der Waals surface area contributed by atoms with Gasteiger partial charge >= 0.3 is 0 Å². The summed E-state index contributed by atoms with van der Waals surface area (Å²) >= 11 is 6.28. The van der Waals surface area contributed by atoms with Crippen LogP contribution in [-0.2, 0) is 0 Å². The van der Waals surface area contributed by atoms with Crippen molar-refractivity contribution in [3.63, 3.8) is 0 Å². The second kappa shape index (κ2) is 4.12. The zero-order chi connectivity index (χ0) is 13.7. The maximum Gasteiger partial charge on any atom is 0.161 e. The van der Waals surface area contributed by atoms with Gasteiger partial charge in [0.2, 0.25) is 0 Å². The molecule has 0 atom stereocenters. The van der Waals surface area contributed by atoms with Gasteiger partial charge in [-0.1, -0.05) is 35.9 Å². The molecule has 0 amide bonds. The summed E-state index contributed by atoms with van der Waals surface area (Å²) in [4.78, 5) is 4.48. The maximum absolute atomic E-state index is 6.28. The van der Waals surface area contributed by atoms with Gasteiger partial charge in [0.15, 0.2) is 5.58 Å². The Morgan fingerprint density at radius 3 is 2.65 bits per heavy atom. The van der Waals surface area contributed by atoms with Crippen molar-refractivity contribution >= 4 is 44.4 Å². The first kappa shape index (κ1) is 11.6. The van der Waals surface area contributed by atoms with Gasteiger partial charge in [0.25, 0.3) is 0 Å². The Labute approximate surface area is 119 Å². The Balaban J connectivity index is 2.25. The highest BCUT2D eigenvalue weighted by atomic mass is 35.5. The van der Waals surface area contributed by atoms with Crippen LogP contribution in [-0.4, -0.2) is 12.1 Å². The van der Waals surface area contributed by atoms with E-state index >= 15 is 0 Å². The standard InChI is InChI=1S/C16H10ClNO2/c1-19-9-6-7-13-12(8-9)14-15(20-13)10-4-2-3-5-11(10)16(17)18-14/h2-8H,1H3. The minimum Gasteiger partial charge on any atom is -0.497 e. The molecule has 0 aliphatic heterocycles. The first-order valence-electron chi connectivity index (χ1n) is 6.22. The monoisotopic (exact) mass is 283 g/mol. The molecular weight excluding hydrogens is 274 g/mol. The smallest absolute Gasteiger partial charge is 0.161 e. The third-order valence-electron chi connectivity index (χ3n) is 3.47. The van der Waals surface area contributed by atoms with E-state index in [-0.39, 0.29) is 0 Å². The lowest BCUT2D eigenvalue weighted by Gasteiger charge is -2.00. The lowest BCUT2D eigenvalue weighted by atomic mass is 10.1. The number of rotatable bonds is 1. The Bertz CT molecular complexity index is 959. The highest BCUT2D eigenvalue weighted by Gasteiger charge is 2.14. The summed E-state index contributed by atoms with van der Waals surface area (Å²) in [7, 11) is 1.64. The van der Waals surface area contributed by atoms with Crippen LogP contribution < -0.4 is 4.74 Å². The maximum atomic E-state index is 6.28.